The van der Waals surface area contributed by atoms with Crippen LogP contribution in [0.15, 0.2) is 12.7 Å². The highest BCUT2D eigenvalue weighted by atomic mass is 16.5. The summed E-state index contributed by atoms with van der Waals surface area (Å²) in [7, 11) is 0. The van der Waals surface area contributed by atoms with Gasteiger partial charge in [-0.3, -0.25) is 4.79 Å². The van der Waals surface area contributed by atoms with Gasteiger partial charge in [-0.05, 0) is 101 Å². The summed E-state index contributed by atoms with van der Waals surface area (Å²) >= 11 is 0. The Morgan fingerprint density at radius 2 is 1.43 bits per heavy atom. The van der Waals surface area contributed by atoms with Crippen molar-refractivity contribution in [3.05, 3.63) is 34.9 Å². The molecule has 0 saturated heterocycles. The van der Waals surface area contributed by atoms with E-state index >= 15 is 0 Å². The Balaban J connectivity index is 0.00000180. The monoisotopic (exact) mass is 619 g/mol. The smallest absolute Gasteiger partial charge is 0.311 e. The van der Waals surface area contributed by atoms with Gasteiger partial charge in [0, 0.05) is 25.2 Å². The summed E-state index contributed by atoms with van der Waals surface area (Å²) in [5, 5.41) is 17.2. The minimum absolute atomic E-state index is 0.00326. The predicted octanol–water partition coefficient (Wildman–Crippen LogP) is 10.4. The summed E-state index contributed by atoms with van der Waals surface area (Å²) in [6.07, 6.45) is 18.9. The normalized spacial score (nSPS) is 14.5. The van der Waals surface area contributed by atoms with Crippen molar-refractivity contribution in [2.45, 2.75) is 165 Å². The largest absolute Gasteiger partial charge is 0.490 e. The summed E-state index contributed by atoms with van der Waals surface area (Å²) in [4.78, 5) is 12.2. The van der Waals surface area contributed by atoms with Gasteiger partial charge in [0.05, 0.1) is 6.10 Å². The molecule has 1 aromatic rings. The third-order valence-electron chi connectivity index (χ3n) is 8.47. The zero-order valence-electron chi connectivity index (χ0n) is 30.2. The molecule has 1 aromatic carbocycles. The molecule has 44 heavy (non-hydrogen) atoms. The molecular weight excluding hydrogens is 548 g/mol. The van der Waals surface area contributed by atoms with Gasteiger partial charge >= 0.3 is 5.97 Å². The van der Waals surface area contributed by atoms with Crippen LogP contribution in [-0.2, 0) is 11.2 Å². The Bertz CT molecular complexity index is 905. The molecule has 0 fully saturated rings. The van der Waals surface area contributed by atoms with E-state index in [1.54, 1.807) is 6.08 Å². The highest BCUT2D eigenvalue weighted by Crippen LogP contribution is 2.42. The SMILES string of the molecule is C=CC.CC(C)CCO.Cc1c(C)c2c(c(C)c1OC(=O)CCCO)CCC(CCCCCCC[C@H](C)CCCC(C)C)O2. The van der Waals surface area contributed by atoms with Crippen LogP contribution in [0.4, 0.5) is 0 Å². The molecule has 0 aliphatic carbocycles. The first kappa shape index (κ1) is 42.1. The molecule has 1 unspecified atom stereocenters. The number of hydrogen-bond donors (Lipinski definition) is 2. The van der Waals surface area contributed by atoms with Crippen molar-refractivity contribution in [3.63, 3.8) is 0 Å². The molecule has 2 atom stereocenters. The molecule has 1 aliphatic rings. The van der Waals surface area contributed by atoms with E-state index in [4.69, 9.17) is 19.7 Å². The molecule has 0 radical (unpaired) electrons. The maximum atomic E-state index is 12.2. The number of fused-ring (bicyclic) bond motifs is 1. The van der Waals surface area contributed by atoms with Gasteiger partial charge in [0.25, 0.3) is 0 Å². The van der Waals surface area contributed by atoms with Crippen LogP contribution < -0.4 is 9.47 Å². The second-order valence-corrected chi connectivity index (χ2v) is 13.7. The molecule has 2 rings (SSSR count). The lowest BCUT2D eigenvalue weighted by atomic mass is 9.90. The van der Waals surface area contributed by atoms with Gasteiger partial charge in [0.15, 0.2) is 0 Å². The van der Waals surface area contributed by atoms with E-state index in [0.717, 1.165) is 60.0 Å². The highest BCUT2D eigenvalue weighted by molar-refractivity contribution is 5.74. The fourth-order valence-electron chi connectivity index (χ4n) is 5.56. The number of aliphatic hydroxyl groups is 2. The molecule has 5 heteroatoms. The molecule has 1 heterocycles. The maximum Gasteiger partial charge on any atom is 0.311 e. The van der Waals surface area contributed by atoms with Gasteiger partial charge in [-0.1, -0.05) is 92.1 Å². The topological polar surface area (TPSA) is 76.0 Å². The van der Waals surface area contributed by atoms with Crippen molar-refractivity contribution in [2.24, 2.45) is 17.8 Å². The van der Waals surface area contributed by atoms with Gasteiger partial charge in [-0.2, -0.15) is 0 Å². The summed E-state index contributed by atoms with van der Waals surface area (Å²) in [6, 6.07) is 0. The first-order valence-electron chi connectivity index (χ1n) is 17.7. The number of hydrogen-bond acceptors (Lipinski definition) is 5. The molecule has 0 aromatic heterocycles. The minimum atomic E-state index is -0.278. The number of carbonyl (C=O) groups is 1. The van der Waals surface area contributed by atoms with Crippen LogP contribution in [0.3, 0.4) is 0 Å². The minimum Gasteiger partial charge on any atom is -0.490 e. The second-order valence-electron chi connectivity index (χ2n) is 13.7. The Morgan fingerprint density at radius 3 is 2.00 bits per heavy atom. The van der Waals surface area contributed by atoms with E-state index in [9.17, 15) is 4.79 Å². The molecular formula is C39H70O5. The van der Waals surface area contributed by atoms with E-state index in [0.29, 0.717) is 30.8 Å². The lowest BCUT2D eigenvalue weighted by Crippen LogP contribution is -2.24. The zero-order chi connectivity index (χ0) is 33.5. The lowest BCUT2D eigenvalue weighted by Gasteiger charge is -2.30. The number of carbonyl (C=O) groups excluding carboxylic acids is 1. The second kappa shape index (κ2) is 25.4. The van der Waals surface area contributed by atoms with Crippen LogP contribution >= 0.6 is 0 Å². The molecule has 5 nitrogen and oxygen atoms in total. The number of rotatable bonds is 18. The number of unbranched alkanes of at least 4 members (excludes halogenated alkanes) is 4. The van der Waals surface area contributed by atoms with Gasteiger partial charge in [0.1, 0.15) is 11.5 Å². The van der Waals surface area contributed by atoms with E-state index in [-0.39, 0.29) is 19.0 Å². The van der Waals surface area contributed by atoms with Crippen LogP contribution in [0.2, 0.25) is 0 Å². The molecule has 0 spiro atoms. The molecule has 2 N–H and O–H groups in total. The number of allylic oxidation sites excluding steroid dienone is 1. The molecule has 1 aliphatic heterocycles. The maximum absolute atomic E-state index is 12.2. The van der Waals surface area contributed by atoms with Gasteiger partial charge < -0.3 is 19.7 Å². The van der Waals surface area contributed by atoms with Crippen molar-refractivity contribution < 1.29 is 24.5 Å². The van der Waals surface area contributed by atoms with Gasteiger partial charge in [0.2, 0.25) is 0 Å². The van der Waals surface area contributed by atoms with E-state index in [2.05, 4.69) is 48.1 Å². The average molecular weight is 619 g/mol. The Kier molecular flexibility index (Phi) is 24.3. The highest BCUT2D eigenvalue weighted by Gasteiger charge is 2.27. The average Bonchev–Trinajstić information content (AvgIpc) is 2.97. The molecule has 0 saturated carbocycles. The van der Waals surface area contributed by atoms with E-state index in [1.165, 1.54) is 63.4 Å². The zero-order valence-corrected chi connectivity index (χ0v) is 30.2. The molecule has 256 valence electrons. The van der Waals surface area contributed by atoms with Crippen molar-refractivity contribution in [1.29, 1.82) is 0 Å². The van der Waals surface area contributed by atoms with E-state index < -0.39 is 0 Å². The number of ether oxygens (including phenoxy) is 2. The first-order chi connectivity index (χ1) is 20.9. The van der Waals surface area contributed by atoms with Crippen LogP contribution in [0.25, 0.3) is 0 Å². The quantitative estimate of drug-likeness (QED) is 0.0741. The third-order valence-corrected chi connectivity index (χ3v) is 8.47. The Morgan fingerprint density at radius 1 is 0.841 bits per heavy atom. The van der Waals surface area contributed by atoms with Crippen LogP contribution in [0, 0.1) is 38.5 Å². The van der Waals surface area contributed by atoms with Crippen LogP contribution in [0.5, 0.6) is 11.5 Å². The molecule has 0 bridgehead atoms. The summed E-state index contributed by atoms with van der Waals surface area (Å²) in [5.41, 5.74) is 4.29. The van der Waals surface area contributed by atoms with Crippen molar-refractivity contribution in [1.82, 2.24) is 0 Å². The number of aliphatic hydroxyl groups excluding tert-OH is 2. The standard InChI is InChI=1S/C31H52O4.C5H12O.C3H6/c1-22(2)14-12-16-23(3)15-10-8-7-9-11-17-27-19-20-28-26(6)30(35-29(33)18-13-21-32)24(4)25(5)31(28)34-27;1-5(2)3-4-6;1-3-2/h22-23,27,32H,7-21H2,1-6H3;5-6H,3-4H2,1-2H3;3H,1H2,2H3/t23-,27?;;/m0../s1. The summed E-state index contributed by atoms with van der Waals surface area (Å²) in [5.74, 6) is 3.78. The Labute approximate surface area is 272 Å². The number of benzene rings is 1. The summed E-state index contributed by atoms with van der Waals surface area (Å²) in [6.45, 7) is 23.0. The summed E-state index contributed by atoms with van der Waals surface area (Å²) < 4.78 is 12.2. The van der Waals surface area contributed by atoms with Gasteiger partial charge in [-0.25, -0.2) is 0 Å². The van der Waals surface area contributed by atoms with Crippen molar-refractivity contribution >= 4 is 5.97 Å². The molecule has 0 amide bonds. The van der Waals surface area contributed by atoms with Crippen molar-refractivity contribution in [2.75, 3.05) is 13.2 Å². The van der Waals surface area contributed by atoms with Gasteiger partial charge in [-0.15, -0.1) is 6.58 Å². The van der Waals surface area contributed by atoms with Crippen molar-refractivity contribution in [3.8, 4) is 11.5 Å². The first-order valence-corrected chi connectivity index (χ1v) is 17.7. The van der Waals surface area contributed by atoms with E-state index in [1.807, 2.05) is 20.8 Å². The predicted molar refractivity (Wildman–Crippen MR) is 188 cm³/mol. The number of esters is 1. The van der Waals surface area contributed by atoms with Crippen LogP contribution in [-0.4, -0.2) is 35.5 Å². The third kappa shape index (κ3) is 18.2. The Hall–Kier alpha value is -1.85. The fourth-order valence-corrected chi connectivity index (χ4v) is 5.56. The lowest BCUT2D eigenvalue weighted by molar-refractivity contribution is -0.134. The fraction of sp³-hybridized carbons (Fsp3) is 0.769. The van der Waals surface area contributed by atoms with Crippen LogP contribution in [0.1, 0.15) is 154 Å².